The van der Waals surface area contributed by atoms with Gasteiger partial charge < -0.3 is 15.2 Å². The molecule has 0 radical (unpaired) electrons. The number of nitrogens with zero attached hydrogens (tertiary/aromatic N) is 2. The molecule has 136 valence electrons. The molecule has 2 aromatic carbocycles. The zero-order valence-electron chi connectivity index (χ0n) is 13.5. The third-order valence-corrected chi connectivity index (χ3v) is 4.36. The molecule has 1 amide bonds. The van der Waals surface area contributed by atoms with E-state index in [1.165, 1.54) is 48.7 Å². The third-order valence-electron chi connectivity index (χ3n) is 3.61. The number of halogens is 2. The summed E-state index contributed by atoms with van der Waals surface area (Å²) in [7, 11) is 0. The fourth-order valence-corrected chi connectivity index (χ4v) is 2.53. The Hall–Kier alpha value is -3.16. The minimum atomic E-state index is -1.34. The van der Waals surface area contributed by atoms with Gasteiger partial charge in [0.05, 0.1) is 22.9 Å². The average Bonchev–Trinajstić information content (AvgIpc) is 2.66. The highest BCUT2D eigenvalue weighted by Gasteiger charge is 2.11. The first-order chi connectivity index (χ1) is 12.9. The summed E-state index contributed by atoms with van der Waals surface area (Å²) in [4.78, 5) is 35.3. The van der Waals surface area contributed by atoms with Gasteiger partial charge in [0.25, 0.3) is 11.5 Å². The maximum absolute atomic E-state index is 12.3. The normalized spacial score (nSPS) is 10.4. The van der Waals surface area contributed by atoms with Gasteiger partial charge in [0.1, 0.15) is 5.02 Å². The molecule has 1 aromatic heterocycles. The largest absolute Gasteiger partial charge is 0.545 e. The van der Waals surface area contributed by atoms with Crippen molar-refractivity contribution < 1.29 is 14.7 Å². The van der Waals surface area contributed by atoms with Gasteiger partial charge in [0.2, 0.25) is 0 Å². The number of carboxylic acids is 1. The van der Waals surface area contributed by atoms with E-state index in [-0.39, 0.29) is 15.6 Å². The number of benzene rings is 2. The summed E-state index contributed by atoms with van der Waals surface area (Å²) < 4.78 is 1.05. The van der Waals surface area contributed by atoms with Gasteiger partial charge in [-0.3, -0.25) is 9.59 Å². The second-order valence-electron chi connectivity index (χ2n) is 5.39. The minimum absolute atomic E-state index is 0.0479. The number of anilines is 1. The van der Waals surface area contributed by atoms with E-state index >= 15 is 0 Å². The second-order valence-corrected chi connectivity index (χ2v) is 6.18. The van der Waals surface area contributed by atoms with Gasteiger partial charge in [0.15, 0.2) is 0 Å². The van der Waals surface area contributed by atoms with Crippen LogP contribution in [0.15, 0.2) is 59.5 Å². The van der Waals surface area contributed by atoms with Crippen molar-refractivity contribution >= 4 is 40.8 Å². The number of hydrogen-bond acceptors (Lipinski definition) is 5. The first-order valence-electron chi connectivity index (χ1n) is 7.53. The van der Waals surface area contributed by atoms with Gasteiger partial charge in [-0.15, -0.1) is 0 Å². The molecule has 0 spiro atoms. The Kier molecular flexibility index (Phi) is 5.25. The summed E-state index contributed by atoms with van der Waals surface area (Å²) in [6, 6.07) is 11.7. The van der Waals surface area contributed by atoms with E-state index in [2.05, 4.69) is 10.4 Å². The van der Waals surface area contributed by atoms with E-state index in [4.69, 9.17) is 23.2 Å². The van der Waals surface area contributed by atoms with Crippen LogP contribution in [0.25, 0.3) is 5.69 Å². The molecule has 0 atom stereocenters. The topological polar surface area (TPSA) is 104 Å². The molecule has 0 unspecified atom stereocenters. The number of carbonyl (C=O) groups is 2. The highest BCUT2D eigenvalue weighted by atomic mass is 35.5. The van der Waals surface area contributed by atoms with E-state index in [1.54, 1.807) is 6.07 Å². The Morgan fingerprint density at radius 1 is 1.04 bits per heavy atom. The Bertz CT molecular complexity index is 1090. The summed E-state index contributed by atoms with van der Waals surface area (Å²) in [5.41, 5.74) is 0.376. The zero-order chi connectivity index (χ0) is 19.6. The Morgan fingerprint density at radius 3 is 2.41 bits per heavy atom. The molecule has 9 heteroatoms. The van der Waals surface area contributed by atoms with Crippen LogP contribution < -0.4 is 16.0 Å². The third kappa shape index (κ3) is 3.99. The summed E-state index contributed by atoms with van der Waals surface area (Å²) >= 11 is 11.6. The van der Waals surface area contributed by atoms with Gasteiger partial charge in [-0.1, -0.05) is 35.3 Å². The van der Waals surface area contributed by atoms with Crippen LogP contribution in [0.4, 0.5) is 5.69 Å². The molecule has 1 N–H and O–H groups in total. The molecule has 27 heavy (non-hydrogen) atoms. The summed E-state index contributed by atoms with van der Waals surface area (Å²) in [5.74, 6) is -1.79. The van der Waals surface area contributed by atoms with E-state index in [1.807, 2.05) is 0 Å². The molecule has 0 aliphatic carbocycles. The maximum Gasteiger partial charge on any atom is 0.291 e. The minimum Gasteiger partial charge on any atom is -0.545 e. The SMILES string of the molecule is O=C([O-])c1cccc(NC(=O)c2ccc(-n3ncc(Cl)c(Cl)c3=O)cc2)c1. The monoisotopic (exact) mass is 402 g/mol. The van der Waals surface area contributed by atoms with Gasteiger partial charge in [-0.05, 0) is 42.0 Å². The number of aromatic nitrogens is 2. The highest BCUT2D eigenvalue weighted by molar-refractivity contribution is 6.41. The quantitative estimate of drug-likeness (QED) is 0.719. The van der Waals surface area contributed by atoms with Crippen molar-refractivity contribution in [2.45, 2.75) is 0 Å². The van der Waals surface area contributed by atoms with Gasteiger partial charge >= 0.3 is 0 Å². The van der Waals surface area contributed by atoms with Crippen LogP contribution in [0.5, 0.6) is 0 Å². The van der Waals surface area contributed by atoms with Crippen LogP contribution in [-0.2, 0) is 0 Å². The van der Waals surface area contributed by atoms with Crippen LogP contribution in [-0.4, -0.2) is 21.7 Å². The van der Waals surface area contributed by atoms with Crippen molar-refractivity contribution in [3.8, 4) is 5.69 Å². The van der Waals surface area contributed by atoms with Crippen molar-refractivity contribution in [2.24, 2.45) is 0 Å². The average molecular weight is 403 g/mol. The lowest BCUT2D eigenvalue weighted by Gasteiger charge is -2.09. The molecule has 0 aliphatic rings. The number of aromatic carboxylic acids is 1. The van der Waals surface area contributed by atoms with Gasteiger partial charge in [-0.25, -0.2) is 0 Å². The van der Waals surface area contributed by atoms with Crippen molar-refractivity contribution in [1.29, 1.82) is 0 Å². The number of amides is 1. The molecule has 3 rings (SSSR count). The van der Waals surface area contributed by atoms with Crippen molar-refractivity contribution in [2.75, 3.05) is 5.32 Å². The molecular weight excluding hydrogens is 393 g/mol. The molecule has 0 bridgehead atoms. The standard InChI is InChI=1S/C18H11Cl2N3O4/c19-14-9-21-23(17(25)15(14)20)13-6-4-10(5-7-13)16(24)22-12-3-1-2-11(8-12)18(26)27/h1-9H,(H,22,24)(H,26,27)/p-1. The molecule has 0 saturated carbocycles. The first-order valence-corrected chi connectivity index (χ1v) is 8.29. The van der Waals surface area contributed by atoms with Crippen LogP contribution in [0, 0.1) is 0 Å². The second kappa shape index (κ2) is 7.61. The van der Waals surface area contributed by atoms with E-state index in [0.717, 1.165) is 4.68 Å². The molecule has 1 heterocycles. The lowest BCUT2D eigenvalue weighted by atomic mass is 10.1. The Balaban J connectivity index is 1.82. The summed E-state index contributed by atoms with van der Waals surface area (Å²) in [6.45, 7) is 0. The summed E-state index contributed by atoms with van der Waals surface area (Å²) in [6.07, 6.45) is 1.25. The summed E-state index contributed by atoms with van der Waals surface area (Å²) in [5, 5.41) is 17.3. The highest BCUT2D eigenvalue weighted by Crippen LogP contribution is 2.17. The first kappa shape index (κ1) is 18.6. The maximum atomic E-state index is 12.3. The molecular formula is C18H10Cl2N3O4-. The van der Waals surface area contributed by atoms with Crippen LogP contribution >= 0.6 is 23.2 Å². The fraction of sp³-hybridized carbons (Fsp3) is 0. The van der Waals surface area contributed by atoms with Crippen LogP contribution in [0.1, 0.15) is 20.7 Å². The number of nitrogens with one attached hydrogen (secondary N) is 1. The predicted molar refractivity (Wildman–Crippen MR) is 98.6 cm³/mol. The lowest BCUT2D eigenvalue weighted by molar-refractivity contribution is -0.255. The Morgan fingerprint density at radius 2 is 1.74 bits per heavy atom. The predicted octanol–water partition coefficient (Wildman–Crippen LogP) is 2.16. The Labute approximate surface area is 162 Å². The van der Waals surface area contributed by atoms with E-state index in [0.29, 0.717) is 16.9 Å². The fourth-order valence-electron chi connectivity index (χ4n) is 2.28. The van der Waals surface area contributed by atoms with Crippen LogP contribution in [0.2, 0.25) is 10.0 Å². The number of rotatable bonds is 4. The van der Waals surface area contributed by atoms with Gasteiger partial charge in [-0.2, -0.15) is 9.78 Å². The number of hydrogen-bond donors (Lipinski definition) is 1. The number of carbonyl (C=O) groups excluding carboxylic acids is 2. The van der Waals surface area contributed by atoms with Crippen molar-refractivity contribution in [1.82, 2.24) is 9.78 Å². The molecule has 0 aliphatic heterocycles. The molecule has 0 saturated heterocycles. The zero-order valence-corrected chi connectivity index (χ0v) is 15.0. The van der Waals surface area contributed by atoms with E-state index in [9.17, 15) is 19.5 Å². The number of carboxylic acid groups (broad SMARTS) is 1. The van der Waals surface area contributed by atoms with Crippen LogP contribution in [0.3, 0.4) is 0 Å². The molecule has 7 nitrogen and oxygen atoms in total. The molecule has 3 aromatic rings. The smallest absolute Gasteiger partial charge is 0.291 e. The molecule has 0 fully saturated rings. The van der Waals surface area contributed by atoms with Gasteiger partial charge in [0, 0.05) is 11.3 Å². The van der Waals surface area contributed by atoms with Crippen molar-refractivity contribution in [3.05, 3.63) is 86.3 Å². The lowest BCUT2D eigenvalue weighted by Crippen LogP contribution is -2.22. The van der Waals surface area contributed by atoms with E-state index < -0.39 is 17.4 Å². The van der Waals surface area contributed by atoms with Crippen molar-refractivity contribution in [3.63, 3.8) is 0 Å².